The van der Waals surface area contributed by atoms with Gasteiger partial charge in [-0.2, -0.15) is 0 Å². The van der Waals surface area contributed by atoms with Crippen LogP contribution in [0.4, 0.5) is 0 Å². The predicted octanol–water partition coefficient (Wildman–Crippen LogP) is 14.9. The van der Waals surface area contributed by atoms with E-state index in [2.05, 4.69) is 62.5 Å². The molecule has 0 heterocycles. The summed E-state index contributed by atoms with van der Waals surface area (Å²) in [5.41, 5.74) is 0. The molecule has 356 valence electrons. The van der Waals surface area contributed by atoms with Gasteiger partial charge in [-0.15, -0.1) is 0 Å². The number of likely N-dealkylation sites (N-methyl/N-ethyl adjacent to an activating group) is 1. The monoisotopic (exact) mass is 880 g/mol. The van der Waals surface area contributed by atoms with Crippen LogP contribution in [-0.2, 0) is 32.7 Å². The van der Waals surface area contributed by atoms with Gasteiger partial charge in [-0.3, -0.25) is 18.6 Å². The zero-order chi connectivity index (χ0) is 44.8. The molecule has 2 unspecified atom stereocenters. The lowest BCUT2D eigenvalue weighted by atomic mass is 10.1. The SMILES string of the molecule is CCCCC/C=C\C/C=C\CCCCCCCCCCCC(=O)OCC(COP(=O)(O)OCCN(C)C)OC(=O)CCCCCCCCCCC/C=C\C/C=C\CCCCC. The highest BCUT2D eigenvalue weighted by Crippen LogP contribution is 2.43. The van der Waals surface area contributed by atoms with Gasteiger partial charge < -0.3 is 19.3 Å². The largest absolute Gasteiger partial charge is 0.472 e. The maximum absolute atomic E-state index is 12.7. The summed E-state index contributed by atoms with van der Waals surface area (Å²) in [7, 11) is -0.717. The van der Waals surface area contributed by atoms with Crippen molar-refractivity contribution in [2.45, 2.75) is 225 Å². The fraction of sp³-hybridized carbons (Fsp3) is 0.804. The van der Waals surface area contributed by atoms with Crippen LogP contribution < -0.4 is 0 Å². The number of phosphoric acid groups is 1. The minimum absolute atomic E-state index is 0.00492. The van der Waals surface area contributed by atoms with Gasteiger partial charge in [0.05, 0.1) is 13.2 Å². The van der Waals surface area contributed by atoms with Gasteiger partial charge in [0.25, 0.3) is 0 Å². The number of carbonyl (C=O) groups excluding carboxylic acids is 2. The molecule has 0 aromatic carbocycles. The summed E-state index contributed by atoms with van der Waals surface area (Å²) in [6.07, 6.45) is 52.9. The molecular weight excluding hydrogens is 786 g/mol. The van der Waals surface area contributed by atoms with E-state index in [0.717, 1.165) is 57.8 Å². The lowest BCUT2D eigenvalue weighted by Crippen LogP contribution is -2.29. The third-order valence-electron chi connectivity index (χ3n) is 10.6. The van der Waals surface area contributed by atoms with Crippen molar-refractivity contribution < 1.29 is 37.6 Å². The van der Waals surface area contributed by atoms with E-state index < -0.39 is 26.5 Å². The Labute approximate surface area is 375 Å². The highest BCUT2D eigenvalue weighted by molar-refractivity contribution is 7.47. The first-order chi connectivity index (χ1) is 29.7. The molecule has 0 spiro atoms. The van der Waals surface area contributed by atoms with Gasteiger partial charge in [-0.25, -0.2) is 4.57 Å². The van der Waals surface area contributed by atoms with Crippen LogP contribution in [0, 0.1) is 0 Å². The summed E-state index contributed by atoms with van der Waals surface area (Å²) in [4.78, 5) is 37.2. The zero-order valence-electron chi connectivity index (χ0n) is 39.9. The molecule has 0 aliphatic carbocycles. The van der Waals surface area contributed by atoms with Gasteiger partial charge in [0.15, 0.2) is 6.10 Å². The Morgan fingerprint density at radius 3 is 1.30 bits per heavy atom. The molecule has 0 aromatic heterocycles. The van der Waals surface area contributed by atoms with Crippen LogP contribution in [0.3, 0.4) is 0 Å². The van der Waals surface area contributed by atoms with E-state index in [0.29, 0.717) is 13.0 Å². The van der Waals surface area contributed by atoms with Crippen molar-refractivity contribution in [1.29, 1.82) is 0 Å². The van der Waals surface area contributed by atoms with Crippen LogP contribution in [0.25, 0.3) is 0 Å². The van der Waals surface area contributed by atoms with Crippen LogP contribution in [-0.4, -0.2) is 68.3 Å². The van der Waals surface area contributed by atoms with Gasteiger partial charge in [-0.05, 0) is 91.1 Å². The maximum Gasteiger partial charge on any atom is 0.472 e. The normalized spacial score (nSPS) is 13.7. The maximum atomic E-state index is 12.7. The summed E-state index contributed by atoms with van der Waals surface area (Å²) in [6.45, 7) is 4.28. The van der Waals surface area contributed by atoms with E-state index in [4.69, 9.17) is 18.5 Å². The summed E-state index contributed by atoms with van der Waals surface area (Å²) >= 11 is 0. The highest BCUT2D eigenvalue weighted by Gasteiger charge is 2.26. The lowest BCUT2D eigenvalue weighted by Gasteiger charge is -2.20. The highest BCUT2D eigenvalue weighted by atomic mass is 31.2. The van der Waals surface area contributed by atoms with Gasteiger partial charge in [0, 0.05) is 19.4 Å². The van der Waals surface area contributed by atoms with E-state index in [9.17, 15) is 19.0 Å². The summed E-state index contributed by atoms with van der Waals surface area (Å²) in [6, 6.07) is 0. The number of hydrogen-bond acceptors (Lipinski definition) is 8. The zero-order valence-corrected chi connectivity index (χ0v) is 40.7. The molecule has 0 bridgehead atoms. The van der Waals surface area contributed by atoms with Gasteiger partial charge >= 0.3 is 19.8 Å². The number of rotatable bonds is 46. The second kappa shape index (κ2) is 46.0. The van der Waals surface area contributed by atoms with Crippen molar-refractivity contribution in [2.75, 3.05) is 40.5 Å². The lowest BCUT2D eigenvalue weighted by molar-refractivity contribution is -0.161. The molecule has 0 fully saturated rings. The average molecular weight is 880 g/mol. The van der Waals surface area contributed by atoms with E-state index in [1.165, 1.54) is 128 Å². The first-order valence-electron chi connectivity index (χ1n) is 24.9. The first-order valence-corrected chi connectivity index (χ1v) is 26.4. The Morgan fingerprint density at radius 2 is 0.885 bits per heavy atom. The molecule has 2 atom stereocenters. The van der Waals surface area contributed by atoms with Crippen molar-refractivity contribution >= 4 is 19.8 Å². The molecule has 0 aromatic rings. The van der Waals surface area contributed by atoms with Gasteiger partial charge in [0.2, 0.25) is 0 Å². The molecule has 0 rings (SSSR count). The number of phosphoric ester groups is 1. The third kappa shape index (κ3) is 47.3. The number of ether oxygens (including phenoxy) is 2. The quantitative estimate of drug-likeness (QED) is 0.0276. The van der Waals surface area contributed by atoms with Crippen LogP contribution in [0.1, 0.15) is 219 Å². The number of unbranched alkanes of at least 4 members (excludes halogenated alkanes) is 24. The van der Waals surface area contributed by atoms with E-state index in [1.54, 1.807) is 0 Å². The van der Waals surface area contributed by atoms with Crippen molar-refractivity contribution in [3.8, 4) is 0 Å². The molecule has 0 aliphatic heterocycles. The Balaban J connectivity index is 4.21. The fourth-order valence-electron chi connectivity index (χ4n) is 6.75. The predicted molar refractivity (Wildman–Crippen MR) is 257 cm³/mol. The van der Waals surface area contributed by atoms with Crippen LogP contribution in [0.2, 0.25) is 0 Å². The van der Waals surface area contributed by atoms with Crippen LogP contribution in [0.5, 0.6) is 0 Å². The van der Waals surface area contributed by atoms with Crippen molar-refractivity contribution in [3.05, 3.63) is 48.6 Å². The topological polar surface area (TPSA) is 112 Å². The molecule has 9 nitrogen and oxygen atoms in total. The number of esters is 2. The van der Waals surface area contributed by atoms with Gasteiger partial charge in [0.1, 0.15) is 6.61 Å². The Hall–Kier alpha value is -2.03. The molecule has 0 saturated carbocycles. The smallest absolute Gasteiger partial charge is 0.462 e. The van der Waals surface area contributed by atoms with Crippen molar-refractivity contribution in [2.24, 2.45) is 0 Å². The first kappa shape index (κ1) is 59.0. The standard InChI is InChI=1S/C51H94NO8P/c1-5-7-9-11-13-15-17-19-21-23-25-27-29-31-33-35-37-39-41-43-50(53)57-47-49(48-59-61(55,56)58-46-45-52(3)4)60-51(54)44-42-40-38-36-34-32-30-28-26-24-22-20-18-16-14-12-10-8-6-2/h13-16,19-22,49H,5-12,17-18,23-48H2,1-4H3,(H,55,56)/b15-13-,16-14-,21-19-,22-20-. The summed E-state index contributed by atoms with van der Waals surface area (Å²) in [5, 5.41) is 0. The van der Waals surface area contributed by atoms with Crippen molar-refractivity contribution in [1.82, 2.24) is 4.90 Å². The van der Waals surface area contributed by atoms with Gasteiger partial charge in [-0.1, -0.05) is 178 Å². The average Bonchev–Trinajstić information content (AvgIpc) is 3.23. The fourth-order valence-corrected chi connectivity index (χ4v) is 7.49. The third-order valence-corrected chi connectivity index (χ3v) is 11.6. The molecule has 0 aliphatic rings. The minimum Gasteiger partial charge on any atom is -0.462 e. The Morgan fingerprint density at radius 1 is 0.508 bits per heavy atom. The number of allylic oxidation sites excluding steroid dienone is 8. The summed E-state index contributed by atoms with van der Waals surface area (Å²) < 4.78 is 33.6. The second-order valence-corrected chi connectivity index (χ2v) is 18.4. The molecule has 1 N–H and O–H groups in total. The molecule has 0 amide bonds. The number of nitrogens with zero attached hydrogens (tertiary/aromatic N) is 1. The summed E-state index contributed by atoms with van der Waals surface area (Å²) in [5.74, 6) is -0.808. The van der Waals surface area contributed by atoms with Crippen LogP contribution >= 0.6 is 7.82 Å². The molecule has 10 heteroatoms. The number of carbonyl (C=O) groups is 2. The van der Waals surface area contributed by atoms with E-state index in [-0.39, 0.29) is 32.0 Å². The Bertz CT molecular complexity index is 1150. The van der Waals surface area contributed by atoms with E-state index >= 15 is 0 Å². The Kier molecular flexibility index (Phi) is 44.4. The van der Waals surface area contributed by atoms with Crippen LogP contribution in [0.15, 0.2) is 48.6 Å². The number of hydrogen-bond donors (Lipinski definition) is 1. The minimum atomic E-state index is -4.37. The van der Waals surface area contributed by atoms with E-state index in [1.807, 2.05) is 19.0 Å². The second-order valence-electron chi connectivity index (χ2n) is 17.0. The molecule has 0 saturated heterocycles. The molecule has 0 radical (unpaired) electrons. The van der Waals surface area contributed by atoms with Crippen molar-refractivity contribution in [3.63, 3.8) is 0 Å². The molecule has 61 heavy (non-hydrogen) atoms. The molecular formula is C51H94NO8P.